The molecule has 0 amide bonds. The van der Waals surface area contributed by atoms with Crippen LogP contribution in [0.3, 0.4) is 0 Å². The number of pyridine rings is 1. The quantitative estimate of drug-likeness (QED) is 0.697. The predicted molar refractivity (Wildman–Crippen MR) is 81.7 cm³/mol. The van der Waals surface area contributed by atoms with Crippen molar-refractivity contribution in [3.63, 3.8) is 0 Å². The molecular formula is C18H23N. The van der Waals surface area contributed by atoms with Crippen molar-refractivity contribution in [3.8, 4) is 0 Å². The van der Waals surface area contributed by atoms with Crippen LogP contribution in [0.4, 0.5) is 0 Å². The predicted octanol–water partition coefficient (Wildman–Crippen LogP) is 5.41. The molecule has 2 aromatic rings. The third-order valence-corrected chi connectivity index (χ3v) is 4.41. The van der Waals surface area contributed by atoms with Crippen molar-refractivity contribution in [1.82, 2.24) is 4.98 Å². The molecule has 0 N–H and O–H groups in total. The maximum atomic E-state index is 4.94. The molecule has 1 nitrogen and oxygen atoms in total. The van der Waals surface area contributed by atoms with Gasteiger partial charge in [0.15, 0.2) is 0 Å². The smallest absolute Gasteiger partial charge is 0.0708 e. The highest BCUT2D eigenvalue weighted by molar-refractivity contribution is 5.82. The highest BCUT2D eigenvalue weighted by atomic mass is 14.7. The van der Waals surface area contributed by atoms with Crippen molar-refractivity contribution < 1.29 is 0 Å². The molecule has 0 aliphatic heterocycles. The monoisotopic (exact) mass is 253 g/mol. The summed E-state index contributed by atoms with van der Waals surface area (Å²) in [5, 5.41) is 1.33. The molecule has 0 spiro atoms. The summed E-state index contributed by atoms with van der Waals surface area (Å²) in [6, 6.07) is 11.0. The Bertz CT molecular complexity index is 565. The lowest BCUT2D eigenvalue weighted by atomic mass is 9.85. The first-order valence-corrected chi connectivity index (χ1v) is 7.65. The van der Waals surface area contributed by atoms with Gasteiger partial charge in [0.25, 0.3) is 0 Å². The van der Waals surface area contributed by atoms with Gasteiger partial charge in [-0.1, -0.05) is 51.3 Å². The molecule has 100 valence electrons. The van der Waals surface area contributed by atoms with Gasteiger partial charge in [-0.05, 0) is 36.5 Å². The van der Waals surface area contributed by atoms with Crippen LogP contribution in [-0.2, 0) is 0 Å². The van der Waals surface area contributed by atoms with Gasteiger partial charge < -0.3 is 0 Å². The lowest BCUT2D eigenvalue weighted by Crippen LogP contribution is -2.08. The molecule has 1 heteroatoms. The maximum Gasteiger partial charge on any atom is 0.0708 e. The van der Waals surface area contributed by atoms with Gasteiger partial charge in [-0.25, -0.2) is 0 Å². The minimum absolute atomic E-state index is 0.565. The summed E-state index contributed by atoms with van der Waals surface area (Å²) < 4.78 is 0. The van der Waals surface area contributed by atoms with E-state index < -0.39 is 0 Å². The van der Waals surface area contributed by atoms with E-state index in [2.05, 4.69) is 44.2 Å². The third-order valence-electron chi connectivity index (χ3n) is 4.41. The van der Waals surface area contributed by atoms with Crippen molar-refractivity contribution in [3.05, 3.63) is 41.6 Å². The van der Waals surface area contributed by atoms with E-state index in [4.69, 9.17) is 4.98 Å². The van der Waals surface area contributed by atoms with Crippen molar-refractivity contribution in [2.75, 3.05) is 0 Å². The highest BCUT2D eigenvalue weighted by Gasteiger charge is 2.19. The molecule has 0 saturated heterocycles. The number of nitrogens with zero attached hydrogens (tertiary/aromatic N) is 1. The van der Waals surface area contributed by atoms with Gasteiger partial charge in [0.1, 0.15) is 0 Å². The van der Waals surface area contributed by atoms with Crippen molar-refractivity contribution in [2.45, 2.75) is 57.8 Å². The average Bonchev–Trinajstić information content (AvgIpc) is 2.47. The zero-order chi connectivity index (χ0) is 13.2. The van der Waals surface area contributed by atoms with Crippen LogP contribution in [0, 0.1) is 0 Å². The Hall–Kier alpha value is -1.37. The van der Waals surface area contributed by atoms with Crippen LogP contribution in [0.25, 0.3) is 10.9 Å². The highest BCUT2D eigenvalue weighted by Crippen LogP contribution is 2.34. The van der Waals surface area contributed by atoms with E-state index in [9.17, 15) is 0 Å². The Morgan fingerprint density at radius 2 is 1.79 bits per heavy atom. The van der Waals surface area contributed by atoms with E-state index >= 15 is 0 Å². The van der Waals surface area contributed by atoms with Crippen molar-refractivity contribution in [2.24, 2.45) is 0 Å². The van der Waals surface area contributed by atoms with Crippen LogP contribution >= 0.6 is 0 Å². The van der Waals surface area contributed by atoms with Gasteiger partial charge in [0, 0.05) is 17.0 Å². The lowest BCUT2D eigenvalue weighted by molar-refractivity contribution is 0.437. The molecule has 1 aliphatic rings. The van der Waals surface area contributed by atoms with E-state index in [-0.39, 0.29) is 0 Å². The van der Waals surface area contributed by atoms with E-state index in [1.54, 1.807) is 0 Å². The normalized spacial score (nSPS) is 17.2. The zero-order valence-corrected chi connectivity index (χ0v) is 12.0. The topological polar surface area (TPSA) is 12.9 Å². The van der Waals surface area contributed by atoms with Crippen LogP contribution in [0.15, 0.2) is 30.3 Å². The molecule has 1 heterocycles. The van der Waals surface area contributed by atoms with Gasteiger partial charge in [0.05, 0.1) is 5.52 Å². The average molecular weight is 253 g/mol. The van der Waals surface area contributed by atoms with Gasteiger partial charge in [-0.2, -0.15) is 0 Å². The number of hydrogen-bond acceptors (Lipinski definition) is 1. The molecule has 3 rings (SSSR count). The molecular weight excluding hydrogens is 230 g/mol. The summed E-state index contributed by atoms with van der Waals surface area (Å²) in [7, 11) is 0. The Morgan fingerprint density at radius 1 is 1.05 bits per heavy atom. The first-order chi connectivity index (χ1) is 9.25. The molecule has 19 heavy (non-hydrogen) atoms. The molecule has 1 aromatic carbocycles. The molecule has 0 bridgehead atoms. The number of aromatic nitrogens is 1. The third kappa shape index (κ3) is 2.51. The number of fused-ring (bicyclic) bond motifs is 1. The fourth-order valence-corrected chi connectivity index (χ4v) is 3.31. The van der Waals surface area contributed by atoms with Crippen LogP contribution in [0.2, 0.25) is 0 Å². The SMILES string of the molecule is CC(C)c1cc(C2CCCCC2)nc2ccccc12. The van der Waals surface area contributed by atoms with Crippen LogP contribution in [0.5, 0.6) is 0 Å². The molecule has 1 saturated carbocycles. The van der Waals surface area contributed by atoms with Gasteiger partial charge in [0.2, 0.25) is 0 Å². The molecule has 1 aliphatic carbocycles. The van der Waals surface area contributed by atoms with Crippen LogP contribution in [0.1, 0.15) is 69.0 Å². The maximum absolute atomic E-state index is 4.94. The van der Waals surface area contributed by atoms with E-state index in [1.807, 2.05) is 0 Å². The minimum Gasteiger partial charge on any atom is -0.253 e. The van der Waals surface area contributed by atoms with E-state index in [1.165, 1.54) is 54.3 Å². The molecule has 1 aromatic heterocycles. The van der Waals surface area contributed by atoms with Gasteiger partial charge in [-0.3, -0.25) is 4.98 Å². The second-order valence-corrected chi connectivity index (χ2v) is 6.14. The summed E-state index contributed by atoms with van der Waals surface area (Å²) in [5.74, 6) is 1.26. The molecule has 1 fully saturated rings. The Kier molecular flexibility index (Phi) is 3.54. The van der Waals surface area contributed by atoms with Crippen molar-refractivity contribution in [1.29, 1.82) is 0 Å². The van der Waals surface area contributed by atoms with E-state index in [0.29, 0.717) is 11.8 Å². The molecule has 0 radical (unpaired) electrons. The Morgan fingerprint density at radius 3 is 2.53 bits per heavy atom. The second kappa shape index (κ2) is 5.32. The first kappa shape index (κ1) is 12.7. The van der Waals surface area contributed by atoms with Gasteiger partial charge >= 0.3 is 0 Å². The summed E-state index contributed by atoms with van der Waals surface area (Å²) in [5.41, 5.74) is 3.97. The summed E-state index contributed by atoms with van der Waals surface area (Å²) >= 11 is 0. The lowest BCUT2D eigenvalue weighted by Gasteiger charge is -2.23. The minimum atomic E-state index is 0.565. The number of hydrogen-bond donors (Lipinski definition) is 0. The van der Waals surface area contributed by atoms with Crippen LogP contribution < -0.4 is 0 Å². The van der Waals surface area contributed by atoms with E-state index in [0.717, 1.165) is 0 Å². The Labute approximate surface area is 116 Å². The standard InChI is InChI=1S/C18H23N/c1-13(2)16-12-18(14-8-4-3-5-9-14)19-17-11-7-6-10-15(16)17/h6-7,10-14H,3-5,8-9H2,1-2H3. The number of rotatable bonds is 2. The number of para-hydroxylation sites is 1. The number of benzene rings is 1. The fraction of sp³-hybridized carbons (Fsp3) is 0.500. The largest absolute Gasteiger partial charge is 0.253 e. The second-order valence-electron chi connectivity index (χ2n) is 6.14. The van der Waals surface area contributed by atoms with Crippen molar-refractivity contribution >= 4 is 10.9 Å². The molecule has 0 unspecified atom stereocenters. The summed E-state index contributed by atoms with van der Waals surface area (Å²) in [4.78, 5) is 4.94. The van der Waals surface area contributed by atoms with Crippen LogP contribution in [-0.4, -0.2) is 4.98 Å². The Balaban J connectivity index is 2.10. The zero-order valence-electron chi connectivity index (χ0n) is 12.0. The van der Waals surface area contributed by atoms with Gasteiger partial charge in [-0.15, -0.1) is 0 Å². The molecule has 0 atom stereocenters. The summed E-state index contributed by atoms with van der Waals surface area (Å²) in [6.07, 6.45) is 6.79. The summed E-state index contributed by atoms with van der Waals surface area (Å²) in [6.45, 7) is 4.57. The fourth-order valence-electron chi connectivity index (χ4n) is 3.31. The first-order valence-electron chi connectivity index (χ1n) is 7.65.